The third-order valence-corrected chi connectivity index (χ3v) is 2.69. The van der Waals surface area contributed by atoms with Crippen LogP contribution in [0, 0.1) is 0 Å². The van der Waals surface area contributed by atoms with Gasteiger partial charge in [-0.1, -0.05) is 36.4 Å². The molecular weight excluding hydrogens is 366 g/mol. The zero-order valence-electron chi connectivity index (χ0n) is 13.5. The van der Waals surface area contributed by atoms with E-state index >= 15 is 0 Å². The topological polar surface area (TPSA) is 38.7 Å². The van der Waals surface area contributed by atoms with Gasteiger partial charge in [-0.15, -0.1) is 26.3 Å². The van der Waals surface area contributed by atoms with E-state index in [0.29, 0.717) is 5.56 Å². The minimum atomic E-state index is -4.70. The highest BCUT2D eigenvalue weighted by Gasteiger charge is 2.32. The van der Waals surface area contributed by atoms with Gasteiger partial charge in [0.25, 0.3) is 0 Å². The second kappa shape index (κ2) is 9.33. The number of alkyl halides is 6. The van der Waals surface area contributed by atoms with Crippen molar-refractivity contribution in [2.75, 3.05) is 0 Å². The van der Waals surface area contributed by atoms with Crippen molar-refractivity contribution in [1.82, 2.24) is 0 Å². The summed E-state index contributed by atoms with van der Waals surface area (Å²) < 4.78 is 77.9. The third kappa shape index (κ3) is 9.77. The maximum atomic E-state index is 12.0. The Kier molecular flexibility index (Phi) is 7.76. The highest BCUT2D eigenvalue weighted by atomic mass is 19.4. The summed E-state index contributed by atoms with van der Waals surface area (Å²) in [5, 5.41) is 9.09. The maximum absolute atomic E-state index is 12.0. The lowest BCUT2D eigenvalue weighted by Crippen LogP contribution is -2.18. The van der Waals surface area contributed by atoms with Gasteiger partial charge in [-0.05, 0) is 30.7 Å². The molecule has 2 aromatic carbocycles. The fourth-order valence-electron chi connectivity index (χ4n) is 1.84. The zero-order valence-corrected chi connectivity index (χ0v) is 13.5. The van der Waals surface area contributed by atoms with Crippen molar-refractivity contribution in [3.05, 3.63) is 60.2 Å². The predicted molar refractivity (Wildman–Crippen MR) is 81.6 cm³/mol. The minimum Gasteiger partial charge on any atom is -0.406 e. The van der Waals surface area contributed by atoms with Gasteiger partial charge in [0.2, 0.25) is 0 Å². The van der Waals surface area contributed by atoms with Gasteiger partial charge < -0.3 is 14.6 Å². The van der Waals surface area contributed by atoms with Crippen molar-refractivity contribution >= 4 is 0 Å². The standard InChI is InChI=1S/C10H11F3O2.C7H5F3O/c1-7(14)6-8-4-2-3-5-9(8)15-10(11,12)13;8-7(9,10)11-6-4-2-1-3-5-6/h2-5,7,14H,6H2,1H3;1-5H/t7-;/m1./s1. The average molecular weight is 382 g/mol. The molecule has 0 radical (unpaired) electrons. The molecule has 0 aliphatic carbocycles. The van der Waals surface area contributed by atoms with Crippen LogP contribution >= 0.6 is 0 Å². The van der Waals surface area contributed by atoms with Gasteiger partial charge in [-0.25, -0.2) is 0 Å². The molecule has 3 nitrogen and oxygen atoms in total. The number of para-hydroxylation sites is 2. The Balaban J connectivity index is 0.000000273. The monoisotopic (exact) mass is 382 g/mol. The average Bonchev–Trinajstić information content (AvgIpc) is 2.47. The number of aliphatic hydroxyl groups is 1. The molecule has 0 aromatic heterocycles. The highest BCUT2D eigenvalue weighted by Crippen LogP contribution is 2.27. The molecule has 144 valence electrons. The molecule has 2 rings (SSSR count). The van der Waals surface area contributed by atoms with Crippen LogP contribution in [0.5, 0.6) is 11.5 Å². The van der Waals surface area contributed by atoms with Crippen LogP contribution in [0.2, 0.25) is 0 Å². The summed E-state index contributed by atoms with van der Waals surface area (Å²) in [6.07, 6.45) is -9.87. The number of hydrogen-bond donors (Lipinski definition) is 1. The smallest absolute Gasteiger partial charge is 0.406 e. The summed E-state index contributed by atoms with van der Waals surface area (Å²) >= 11 is 0. The molecule has 0 fully saturated rings. The Morgan fingerprint density at radius 2 is 1.31 bits per heavy atom. The number of ether oxygens (including phenoxy) is 2. The molecule has 9 heteroatoms. The number of halogens is 6. The number of aliphatic hydroxyl groups excluding tert-OH is 1. The molecule has 26 heavy (non-hydrogen) atoms. The molecule has 1 atom stereocenters. The number of rotatable bonds is 4. The molecule has 0 saturated heterocycles. The quantitative estimate of drug-likeness (QED) is 0.749. The van der Waals surface area contributed by atoms with Gasteiger partial charge in [0.05, 0.1) is 6.10 Å². The first-order valence-electron chi connectivity index (χ1n) is 7.29. The van der Waals surface area contributed by atoms with Crippen LogP contribution in [0.4, 0.5) is 26.3 Å². The second-order valence-corrected chi connectivity index (χ2v) is 5.07. The van der Waals surface area contributed by atoms with E-state index in [0.717, 1.165) is 0 Å². The Bertz CT molecular complexity index is 654. The van der Waals surface area contributed by atoms with Gasteiger partial charge in [0.1, 0.15) is 11.5 Å². The molecule has 0 bridgehead atoms. The van der Waals surface area contributed by atoms with Crippen LogP contribution in [-0.2, 0) is 6.42 Å². The first kappa shape index (κ1) is 21.6. The fourth-order valence-corrected chi connectivity index (χ4v) is 1.84. The fraction of sp³-hybridized carbons (Fsp3) is 0.294. The van der Waals surface area contributed by atoms with Crippen molar-refractivity contribution < 1.29 is 40.9 Å². The lowest BCUT2D eigenvalue weighted by atomic mass is 10.1. The van der Waals surface area contributed by atoms with E-state index in [2.05, 4.69) is 9.47 Å². The van der Waals surface area contributed by atoms with E-state index in [1.54, 1.807) is 12.1 Å². The van der Waals surface area contributed by atoms with E-state index < -0.39 is 18.8 Å². The molecule has 0 aliphatic rings. The summed E-state index contributed by atoms with van der Waals surface area (Å²) in [5.41, 5.74) is 0.338. The van der Waals surface area contributed by atoms with Gasteiger partial charge in [0, 0.05) is 6.42 Å². The van der Waals surface area contributed by atoms with E-state index in [-0.39, 0.29) is 17.9 Å². The summed E-state index contributed by atoms with van der Waals surface area (Å²) in [4.78, 5) is 0. The van der Waals surface area contributed by atoms with E-state index in [9.17, 15) is 26.3 Å². The van der Waals surface area contributed by atoms with Crippen LogP contribution in [-0.4, -0.2) is 23.9 Å². The van der Waals surface area contributed by atoms with E-state index in [1.165, 1.54) is 49.4 Å². The van der Waals surface area contributed by atoms with Crippen LogP contribution in [0.15, 0.2) is 54.6 Å². The zero-order chi connectivity index (χ0) is 19.8. The van der Waals surface area contributed by atoms with Crippen LogP contribution in [0.25, 0.3) is 0 Å². The maximum Gasteiger partial charge on any atom is 0.573 e. The molecule has 0 spiro atoms. The highest BCUT2D eigenvalue weighted by molar-refractivity contribution is 5.33. The van der Waals surface area contributed by atoms with Crippen molar-refractivity contribution in [2.24, 2.45) is 0 Å². The minimum absolute atomic E-state index is 0.131. The molecule has 0 amide bonds. The molecule has 0 saturated carbocycles. The Labute approximate surface area is 145 Å². The van der Waals surface area contributed by atoms with Crippen LogP contribution < -0.4 is 9.47 Å². The van der Waals surface area contributed by atoms with Crippen LogP contribution in [0.3, 0.4) is 0 Å². The molecular formula is C17H16F6O3. The Morgan fingerprint density at radius 1 is 0.808 bits per heavy atom. The molecule has 2 aromatic rings. The third-order valence-electron chi connectivity index (χ3n) is 2.69. The van der Waals surface area contributed by atoms with Gasteiger partial charge >= 0.3 is 12.7 Å². The van der Waals surface area contributed by atoms with Crippen molar-refractivity contribution in [1.29, 1.82) is 0 Å². The molecule has 1 N–H and O–H groups in total. The summed E-state index contributed by atoms with van der Waals surface area (Å²) in [6.45, 7) is 1.50. The molecule has 0 unspecified atom stereocenters. The van der Waals surface area contributed by atoms with Crippen molar-refractivity contribution in [2.45, 2.75) is 32.2 Å². The molecule has 0 heterocycles. The van der Waals surface area contributed by atoms with E-state index in [1.807, 2.05) is 0 Å². The van der Waals surface area contributed by atoms with Crippen LogP contribution in [0.1, 0.15) is 12.5 Å². The SMILES string of the molecule is C[C@@H](O)Cc1ccccc1OC(F)(F)F.FC(F)(F)Oc1ccccc1. The van der Waals surface area contributed by atoms with Crippen molar-refractivity contribution in [3.8, 4) is 11.5 Å². The van der Waals surface area contributed by atoms with Gasteiger partial charge in [-0.2, -0.15) is 0 Å². The largest absolute Gasteiger partial charge is 0.573 e. The van der Waals surface area contributed by atoms with Gasteiger partial charge in [-0.3, -0.25) is 0 Å². The number of benzene rings is 2. The normalized spacial score (nSPS) is 12.6. The second-order valence-electron chi connectivity index (χ2n) is 5.07. The molecule has 0 aliphatic heterocycles. The Hall–Kier alpha value is -2.42. The Morgan fingerprint density at radius 3 is 1.81 bits per heavy atom. The predicted octanol–water partition coefficient (Wildman–Crippen LogP) is 5.09. The summed E-state index contributed by atoms with van der Waals surface area (Å²) in [7, 11) is 0. The summed E-state index contributed by atoms with van der Waals surface area (Å²) in [6, 6.07) is 12.8. The van der Waals surface area contributed by atoms with Crippen molar-refractivity contribution in [3.63, 3.8) is 0 Å². The first-order valence-corrected chi connectivity index (χ1v) is 7.29. The number of hydrogen-bond acceptors (Lipinski definition) is 3. The lowest BCUT2D eigenvalue weighted by molar-refractivity contribution is -0.275. The lowest BCUT2D eigenvalue weighted by Gasteiger charge is -2.13. The van der Waals surface area contributed by atoms with Gasteiger partial charge in [0.15, 0.2) is 0 Å². The first-order chi connectivity index (χ1) is 12.0. The van der Waals surface area contributed by atoms with E-state index in [4.69, 9.17) is 5.11 Å². The summed E-state index contributed by atoms with van der Waals surface area (Å²) in [5.74, 6) is -0.453.